The van der Waals surface area contributed by atoms with Gasteiger partial charge in [0.1, 0.15) is 0 Å². The molecule has 0 aliphatic heterocycles. The summed E-state index contributed by atoms with van der Waals surface area (Å²) in [6, 6.07) is 0. The van der Waals surface area contributed by atoms with Gasteiger partial charge >= 0.3 is 6.18 Å². The zero-order chi connectivity index (χ0) is 19.8. The van der Waals surface area contributed by atoms with Crippen molar-refractivity contribution in [3.05, 3.63) is 33.9 Å². The SMILES string of the molecule is CCn1cc(CNC(=O)CCn2nc(C(F)(F)F)c(Cl)c2C2CC2)c(C)n1. The number of hydrogen-bond acceptors (Lipinski definition) is 3. The maximum absolute atomic E-state index is 13.1. The Morgan fingerprint density at radius 1 is 1.37 bits per heavy atom. The Balaban J connectivity index is 1.62. The summed E-state index contributed by atoms with van der Waals surface area (Å²) in [5, 5.41) is 10.4. The highest BCUT2D eigenvalue weighted by atomic mass is 35.5. The van der Waals surface area contributed by atoms with Crippen LogP contribution in [0.1, 0.15) is 54.7 Å². The van der Waals surface area contributed by atoms with Gasteiger partial charge in [-0.3, -0.25) is 14.2 Å². The Bertz CT molecular complexity index is 838. The third kappa shape index (κ3) is 4.45. The molecule has 6 nitrogen and oxygen atoms in total. The van der Waals surface area contributed by atoms with E-state index < -0.39 is 11.9 Å². The molecule has 0 aromatic carbocycles. The van der Waals surface area contributed by atoms with Crippen LogP contribution in [-0.4, -0.2) is 25.5 Å². The molecule has 1 N–H and O–H groups in total. The number of rotatable bonds is 7. The van der Waals surface area contributed by atoms with E-state index in [0.29, 0.717) is 12.2 Å². The fourth-order valence-electron chi connectivity index (χ4n) is 2.94. The third-order valence-corrected chi connectivity index (χ3v) is 4.94. The highest BCUT2D eigenvalue weighted by molar-refractivity contribution is 6.32. The lowest BCUT2D eigenvalue weighted by Crippen LogP contribution is -2.24. The first-order chi connectivity index (χ1) is 12.7. The molecule has 0 bridgehead atoms. The number of aryl methyl sites for hydroxylation is 3. The second kappa shape index (κ2) is 7.53. The molecule has 1 amide bonds. The number of nitrogens with one attached hydrogen (secondary N) is 1. The van der Waals surface area contributed by atoms with Crippen LogP contribution in [0.5, 0.6) is 0 Å². The minimum atomic E-state index is -4.61. The van der Waals surface area contributed by atoms with Crippen LogP contribution in [0.3, 0.4) is 0 Å². The monoisotopic (exact) mass is 403 g/mol. The molecule has 148 valence electrons. The summed E-state index contributed by atoms with van der Waals surface area (Å²) in [5.74, 6) is -0.271. The van der Waals surface area contributed by atoms with Crippen molar-refractivity contribution in [2.75, 3.05) is 0 Å². The highest BCUT2D eigenvalue weighted by Crippen LogP contribution is 2.46. The van der Waals surface area contributed by atoms with Gasteiger partial charge in [-0.25, -0.2) is 0 Å². The summed E-state index contributed by atoms with van der Waals surface area (Å²) in [6.45, 7) is 4.95. The molecule has 2 heterocycles. The van der Waals surface area contributed by atoms with E-state index in [0.717, 1.165) is 30.6 Å². The van der Waals surface area contributed by atoms with Gasteiger partial charge in [-0.2, -0.15) is 23.4 Å². The minimum absolute atomic E-state index is 0.00769. The van der Waals surface area contributed by atoms with Crippen LogP contribution >= 0.6 is 11.6 Å². The van der Waals surface area contributed by atoms with Gasteiger partial charge in [-0.1, -0.05) is 11.6 Å². The lowest BCUT2D eigenvalue weighted by Gasteiger charge is -2.08. The topological polar surface area (TPSA) is 64.7 Å². The second-order valence-electron chi connectivity index (χ2n) is 6.67. The van der Waals surface area contributed by atoms with E-state index in [-0.39, 0.29) is 29.8 Å². The molecule has 1 fully saturated rings. The van der Waals surface area contributed by atoms with Gasteiger partial charge in [0.25, 0.3) is 0 Å². The fraction of sp³-hybridized carbons (Fsp3) is 0.588. The Hall–Kier alpha value is -2.03. The predicted molar refractivity (Wildman–Crippen MR) is 93.3 cm³/mol. The molecule has 0 spiro atoms. The first-order valence-corrected chi connectivity index (χ1v) is 9.21. The van der Waals surface area contributed by atoms with E-state index in [9.17, 15) is 18.0 Å². The van der Waals surface area contributed by atoms with Gasteiger partial charge in [0.05, 0.1) is 23.0 Å². The van der Waals surface area contributed by atoms with E-state index in [1.165, 1.54) is 4.68 Å². The van der Waals surface area contributed by atoms with Gasteiger partial charge < -0.3 is 5.32 Å². The summed E-state index contributed by atoms with van der Waals surface area (Å²) < 4.78 is 42.2. The molecule has 1 aliphatic rings. The molecule has 10 heteroatoms. The van der Waals surface area contributed by atoms with E-state index >= 15 is 0 Å². The van der Waals surface area contributed by atoms with Crippen molar-refractivity contribution in [1.29, 1.82) is 0 Å². The largest absolute Gasteiger partial charge is 0.436 e. The number of aromatic nitrogens is 4. The Morgan fingerprint density at radius 2 is 2.07 bits per heavy atom. The third-order valence-electron chi connectivity index (χ3n) is 4.56. The highest BCUT2D eigenvalue weighted by Gasteiger charge is 2.41. The van der Waals surface area contributed by atoms with Crippen LogP contribution in [0.15, 0.2) is 6.20 Å². The predicted octanol–water partition coefficient (Wildman–Crippen LogP) is 3.66. The van der Waals surface area contributed by atoms with E-state index in [4.69, 9.17) is 11.6 Å². The molecular formula is C17H21ClF3N5O. The summed E-state index contributed by atoms with van der Waals surface area (Å²) in [7, 11) is 0. The molecule has 1 aliphatic carbocycles. The van der Waals surface area contributed by atoms with Gasteiger partial charge in [-0.15, -0.1) is 0 Å². The number of alkyl halides is 3. The van der Waals surface area contributed by atoms with Gasteiger partial charge in [-0.05, 0) is 26.7 Å². The molecule has 0 unspecified atom stereocenters. The van der Waals surface area contributed by atoms with Crippen molar-refractivity contribution in [3.63, 3.8) is 0 Å². The Kier molecular flexibility index (Phi) is 5.50. The van der Waals surface area contributed by atoms with Crippen molar-refractivity contribution < 1.29 is 18.0 Å². The molecule has 27 heavy (non-hydrogen) atoms. The average Bonchev–Trinajstić information content (AvgIpc) is 3.27. The van der Waals surface area contributed by atoms with Crippen LogP contribution in [0.2, 0.25) is 5.02 Å². The number of halogens is 4. The van der Waals surface area contributed by atoms with Crippen LogP contribution in [0.25, 0.3) is 0 Å². The lowest BCUT2D eigenvalue weighted by atomic mass is 10.2. The molecule has 1 saturated carbocycles. The minimum Gasteiger partial charge on any atom is -0.352 e. The van der Waals surface area contributed by atoms with Crippen molar-refractivity contribution in [1.82, 2.24) is 24.9 Å². The summed E-state index contributed by atoms with van der Waals surface area (Å²) in [4.78, 5) is 12.1. The summed E-state index contributed by atoms with van der Waals surface area (Å²) >= 11 is 5.93. The normalized spacial score (nSPS) is 14.6. The number of hydrogen-bond donors (Lipinski definition) is 1. The Labute approximate surface area is 159 Å². The maximum atomic E-state index is 13.1. The molecule has 2 aromatic heterocycles. The molecule has 0 saturated heterocycles. The summed E-state index contributed by atoms with van der Waals surface area (Å²) in [5.41, 5.74) is 1.05. The molecule has 0 radical (unpaired) electrons. The lowest BCUT2D eigenvalue weighted by molar-refractivity contribution is -0.141. The second-order valence-corrected chi connectivity index (χ2v) is 7.04. The maximum Gasteiger partial charge on any atom is 0.436 e. The van der Waals surface area contributed by atoms with Crippen molar-refractivity contribution in [3.8, 4) is 0 Å². The van der Waals surface area contributed by atoms with Gasteiger partial charge in [0, 0.05) is 37.2 Å². The van der Waals surface area contributed by atoms with Crippen molar-refractivity contribution in [2.24, 2.45) is 0 Å². The van der Waals surface area contributed by atoms with Crippen LogP contribution in [0, 0.1) is 6.92 Å². The fourth-order valence-corrected chi connectivity index (χ4v) is 3.33. The summed E-state index contributed by atoms with van der Waals surface area (Å²) in [6.07, 6.45) is -1.14. The number of carbonyl (C=O) groups excluding carboxylic acids is 1. The quantitative estimate of drug-likeness (QED) is 0.767. The van der Waals surface area contributed by atoms with E-state index in [1.54, 1.807) is 4.68 Å². The standard InChI is InChI=1S/C17H21ClF3N5O/c1-3-25-9-12(10(2)23-25)8-22-13(27)6-7-26-15(11-4-5-11)14(18)16(24-26)17(19,20)21/h9,11H,3-8H2,1-2H3,(H,22,27). The number of amides is 1. The molecule has 3 rings (SSSR count). The first-order valence-electron chi connectivity index (χ1n) is 8.83. The van der Waals surface area contributed by atoms with Crippen molar-refractivity contribution in [2.45, 2.75) is 64.8 Å². The van der Waals surface area contributed by atoms with Crippen LogP contribution in [0.4, 0.5) is 13.2 Å². The first kappa shape index (κ1) is 19.7. The zero-order valence-corrected chi connectivity index (χ0v) is 15.9. The van der Waals surface area contributed by atoms with Crippen LogP contribution in [-0.2, 0) is 30.6 Å². The Morgan fingerprint density at radius 3 is 2.63 bits per heavy atom. The average molecular weight is 404 g/mol. The molecule has 0 atom stereocenters. The smallest absolute Gasteiger partial charge is 0.352 e. The van der Waals surface area contributed by atoms with Gasteiger partial charge in [0.2, 0.25) is 5.91 Å². The van der Waals surface area contributed by atoms with Crippen molar-refractivity contribution >= 4 is 17.5 Å². The van der Waals surface area contributed by atoms with E-state index in [1.807, 2.05) is 20.0 Å². The molecule has 2 aromatic rings. The van der Waals surface area contributed by atoms with Crippen LogP contribution < -0.4 is 5.32 Å². The van der Waals surface area contributed by atoms with Gasteiger partial charge in [0.15, 0.2) is 5.69 Å². The molecular weight excluding hydrogens is 383 g/mol. The number of carbonyl (C=O) groups is 1. The zero-order valence-electron chi connectivity index (χ0n) is 15.1. The number of nitrogens with zero attached hydrogens (tertiary/aromatic N) is 4. The van der Waals surface area contributed by atoms with E-state index in [2.05, 4.69) is 15.5 Å².